The van der Waals surface area contributed by atoms with Gasteiger partial charge in [0, 0.05) is 11.4 Å². The summed E-state index contributed by atoms with van der Waals surface area (Å²) in [5.41, 5.74) is 3.79. The van der Waals surface area contributed by atoms with Gasteiger partial charge in [-0.2, -0.15) is 5.10 Å². The summed E-state index contributed by atoms with van der Waals surface area (Å²) in [6.45, 7) is 5.86. The normalized spacial score (nSPS) is 10.4. The maximum Gasteiger partial charge on any atom is 0.329 e. The van der Waals surface area contributed by atoms with Gasteiger partial charge in [-0.05, 0) is 95.7 Å². The highest BCUT2D eigenvalue weighted by Gasteiger charge is 2.15. The standard InChI is InChI=1S/C29H29IN4O7/c1-4-14-40-23-12-8-21(9-13-23)33-28(36)29(37)34-31-17-19-15-24(30)27(25(16-19)39-5-2)41-18-26(35)32-20-6-10-22(38-3)11-7-20/h4,6-13,15-17H,1,5,14,18H2,2-3H3,(H,32,35)(H,33,36)(H,34,37)/b31-17-. The Bertz CT molecular complexity index is 1390. The smallest absolute Gasteiger partial charge is 0.329 e. The van der Waals surface area contributed by atoms with Gasteiger partial charge in [0.25, 0.3) is 5.91 Å². The third kappa shape index (κ3) is 9.83. The number of nitrogens with one attached hydrogen (secondary N) is 3. The van der Waals surface area contributed by atoms with Crippen LogP contribution in [0.1, 0.15) is 12.5 Å². The SMILES string of the molecule is C=CCOc1ccc(NC(=O)C(=O)N/N=C\c2cc(I)c(OCC(=O)Nc3ccc(OC)cc3)c(OCC)c2)cc1. The lowest BCUT2D eigenvalue weighted by Crippen LogP contribution is -2.32. The van der Waals surface area contributed by atoms with Gasteiger partial charge in [0.2, 0.25) is 0 Å². The summed E-state index contributed by atoms with van der Waals surface area (Å²) in [4.78, 5) is 36.8. The molecule has 0 unspecified atom stereocenters. The molecule has 0 radical (unpaired) electrons. The van der Waals surface area contributed by atoms with E-state index in [-0.39, 0.29) is 12.5 Å². The van der Waals surface area contributed by atoms with Crippen molar-refractivity contribution in [2.45, 2.75) is 6.92 Å². The molecule has 12 heteroatoms. The number of amides is 3. The number of rotatable bonds is 13. The largest absolute Gasteiger partial charge is 0.497 e. The Balaban J connectivity index is 1.56. The molecule has 0 aliphatic carbocycles. The predicted octanol–water partition coefficient (Wildman–Crippen LogP) is 4.37. The number of carbonyl (C=O) groups is 3. The van der Waals surface area contributed by atoms with Gasteiger partial charge in [-0.3, -0.25) is 14.4 Å². The van der Waals surface area contributed by atoms with Crippen molar-refractivity contribution in [3.05, 3.63) is 82.5 Å². The molecule has 0 spiro atoms. The lowest BCUT2D eigenvalue weighted by Gasteiger charge is -2.14. The Morgan fingerprint density at radius 2 is 1.56 bits per heavy atom. The molecular formula is C29H29IN4O7. The highest BCUT2D eigenvalue weighted by atomic mass is 127. The zero-order valence-electron chi connectivity index (χ0n) is 22.4. The Labute approximate surface area is 251 Å². The van der Waals surface area contributed by atoms with Crippen LogP contribution < -0.4 is 35.0 Å². The van der Waals surface area contributed by atoms with Crippen molar-refractivity contribution in [2.24, 2.45) is 5.10 Å². The van der Waals surface area contributed by atoms with Crippen LogP contribution in [0.25, 0.3) is 0 Å². The van der Waals surface area contributed by atoms with Gasteiger partial charge in [-0.1, -0.05) is 12.7 Å². The number of anilines is 2. The molecule has 0 aliphatic rings. The summed E-state index contributed by atoms with van der Waals surface area (Å²) < 4.78 is 22.6. The van der Waals surface area contributed by atoms with Crippen LogP contribution in [0.4, 0.5) is 11.4 Å². The summed E-state index contributed by atoms with van der Waals surface area (Å²) in [6, 6.07) is 16.8. The minimum Gasteiger partial charge on any atom is -0.497 e. The Kier molecular flexibility index (Phi) is 12.0. The lowest BCUT2D eigenvalue weighted by molar-refractivity contribution is -0.136. The predicted molar refractivity (Wildman–Crippen MR) is 164 cm³/mol. The molecule has 0 bridgehead atoms. The van der Waals surface area contributed by atoms with Crippen LogP contribution >= 0.6 is 22.6 Å². The number of hydrogen-bond acceptors (Lipinski definition) is 8. The van der Waals surface area contributed by atoms with Gasteiger partial charge in [-0.15, -0.1) is 0 Å². The fourth-order valence-corrected chi connectivity index (χ4v) is 4.05. The Hall–Kier alpha value is -4.59. The summed E-state index contributed by atoms with van der Waals surface area (Å²) in [7, 11) is 1.56. The third-order valence-corrected chi connectivity index (χ3v) is 5.92. The second-order valence-corrected chi connectivity index (χ2v) is 9.27. The first-order valence-electron chi connectivity index (χ1n) is 12.3. The van der Waals surface area contributed by atoms with E-state index in [1.807, 2.05) is 29.5 Å². The minimum atomic E-state index is -0.948. The third-order valence-electron chi connectivity index (χ3n) is 5.12. The van der Waals surface area contributed by atoms with Gasteiger partial charge in [0.1, 0.15) is 18.1 Å². The second-order valence-electron chi connectivity index (χ2n) is 8.11. The van der Waals surface area contributed by atoms with Gasteiger partial charge < -0.3 is 29.6 Å². The molecule has 0 atom stereocenters. The van der Waals surface area contributed by atoms with Crippen LogP contribution in [0.5, 0.6) is 23.0 Å². The average Bonchev–Trinajstić information content (AvgIpc) is 2.97. The van der Waals surface area contributed by atoms with Gasteiger partial charge in [-0.25, -0.2) is 5.43 Å². The van der Waals surface area contributed by atoms with Crippen molar-refractivity contribution in [3.8, 4) is 23.0 Å². The highest BCUT2D eigenvalue weighted by Crippen LogP contribution is 2.34. The molecule has 11 nitrogen and oxygen atoms in total. The number of hydrogen-bond donors (Lipinski definition) is 3. The van der Waals surface area contributed by atoms with Crippen molar-refractivity contribution < 1.29 is 33.3 Å². The number of methoxy groups -OCH3 is 1. The minimum absolute atomic E-state index is 0.245. The molecule has 41 heavy (non-hydrogen) atoms. The van der Waals surface area contributed by atoms with E-state index in [1.54, 1.807) is 73.8 Å². The first-order valence-corrected chi connectivity index (χ1v) is 13.4. The first kappa shape index (κ1) is 30.9. The molecule has 0 aromatic heterocycles. The van der Waals surface area contributed by atoms with E-state index in [1.165, 1.54) is 6.21 Å². The number of benzene rings is 3. The number of hydrazone groups is 1. The Morgan fingerprint density at radius 3 is 2.20 bits per heavy atom. The molecule has 214 valence electrons. The molecule has 0 aliphatic heterocycles. The number of carbonyl (C=O) groups excluding carboxylic acids is 3. The highest BCUT2D eigenvalue weighted by molar-refractivity contribution is 14.1. The van der Waals surface area contributed by atoms with Crippen molar-refractivity contribution in [1.82, 2.24) is 5.43 Å². The van der Waals surface area contributed by atoms with E-state index in [9.17, 15) is 14.4 Å². The molecule has 0 saturated heterocycles. The first-order chi connectivity index (χ1) is 19.8. The zero-order chi connectivity index (χ0) is 29.6. The van der Waals surface area contributed by atoms with Crippen molar-refractivity contribution >= 4 is 57.9 Å². The molecule has 0 fully saturated rings. The molecule has 0 saturated carbocycles. The van der Waals surface area contributed by atoms with Crippen LogP contribution in [0.2, 0.25) is 0 Å². The topological polar surface area (TPSA) is 137 Å². The molecule has 3 aromatic rings. The molecule has 3 aromatic carbocycles. The molecule has 3 rings (SSSR count). The molecule has 3 amide bonds. The lowest BCUT2D eigenvalue weighted by atomic mass is 10.2. The Morgan fingerprint density at radius 1 is 0.902 bits per heavy atom. The molecular weight excluding hydrogens is 643 g/mol. The van der Waals surface area contributed by atoms with Crippen molar-refractivity contribution in [3.63, 3.8) is 0 Å². The monoisotopic (exact) mass is 672 g/mol. The van der Waals surface area contributed by atoms with E-state index in [0.717, 1.165) is 0 Å². The summed E-state index contributed by atoms with van der Waals surface area (Å²) >= 11 is 2.05. The number of halogens is 1. The van der Waals surface area contributed by atoms with Crippen molar-refractivity contribution in [2.75, 3.05) is 37.6 Å². The van der Waals surface area contributed by atoms with Crippen LogP contribution in [0.15, 0.2) is 78.4 Å². The van der Waals surface area contributed by atoms with Gasteiger partial charge in [0.15, 0.2) is 18.1 Å². The van der Waals surface area contributed by atoms with Crippen molar-refractivity contribution in [1.29, 1.82) is 0 Å². The fraction of sp³-hybridized carbons (Fsp3) is 0.172. The van der Waals surface area contributed by atoms with E-state index >= 15 is 0 Å². The van der Waals surface area contributed by atoms with Crippen LogP contribution in [0, 0.1) is 3.57 Å². The van der Waals surface area contributed by atoms with E-state index in [0.29, 0.717) is 56.7 Å². The molecule has 0 heterocycles. The average molecular weight is 672 g/mol. The summed E-state index contributed by atoms with van der Waals surface area (Å²) in [5.74, 6) is -0.123. The number of ether oxygens (including phenoxy) is 4. The van der Waals surface area contributed by atoms with Crippen LogP contribution in [-0.2, 0) is 14.4 Å². The van der Waals surface area contributed by atoms with E-state index < -0.39 is 11.8 Å². The van der Waals surface area contributed by atoms with Gasteiger partial charge in [0.05, 0.1) is 23.5 Å². The quantitative estimate of drug-likeness (QED) is 0.0807. The van der Waals surface area contributed by atoms with E-state index in [2.05, 4.69) is 27.7 Å². The summed E-state index contributed by atoms with van der Waals surface area (Å²) in [5, 5.41) is 9.11. The zero-order valence-corrected chi connectivity index (χ0v) is 24.6. The van der Waals surface area contributed by atoms with E-state index in [4.69, 9.17) is 18.9 Å². The second kappa shape index (κ2) is 15.9. The summed E-state index contributed by atoms with van der Waals surface area (Å²) in [6.07, 6.45) is 2.98. The maximum absolute atomic E-state index is 12.4. The van der Waals surface area contributed by atoms with Crippen LogP contribution in [0.3, 0.4) is 0 Å². The maximum atomic E-state index is 12.4. The van der Waals surface area contributed by atoms with Crippen LogP contribution in [-0.4, -0.2) is 50.9 Å². The number of nitrogens with zero attached hydrogens (tertiary/aromatic N) is 1. The van der Waals surface area contributed by atoms with Gasteiger partial charge >= 0.3 is 11.8 Å². The fourth-order valence-electron chi connectivity index (χ4n) is 3.27. The molecule has 3 N–H and O–H groups in total.